The standard InChI is InChI=1S/C26H30N6O2/c1-17-6-9-20-14-22(26(33)27-23(20)13-17)24(31-12-4-5-18(2)15-31)25-28-29-30-32(25)16-19-7-10-21(34-3)11-8-19/h6-11,13-14,18,24H,4-5,12,15-16H2,1-3H3,(H,27,33)/t18-,24+/m0/s1. The number of ether oxygens (including phenoxy) is 1. The Bertz CT molecular complexity index is 1340. The van der Waals surface area contributed by atoms with E-state index in [0.29, 0.717) is 23.9 Å². The second-order valence-electron chi connectivity index (χ2n) is 9.33. The van der Waals surface area contributed by atoms with Crippen LogP contribution < -0.4 is 10.3 Å². The maximum absolute atomic E-state index is 13.4. The number of rotatable bonds is 6. The first kappa shape index (κ1) is 22.3. The SMILES string of the molecule is COc1ccc(Cn2nnnc2[C@@H](c2cc3ccc(C)cc3[nH]c2=O)N2CCC[C@H](C)C2)cc1. The summed E-state index contributed by atoms with van der Waals surface area (Å²) in [6, 6.07) is 15.7. The average molecular weight is 459 g/mol. The lowest BCUT2D eigenvalue weighted by molar-refractivity contribution is 0.141. The second kappa shape index (κ2) is 9.38. The van der Waals surface area contributed by atoms with Gasteiger partial charge in [-0.25, -0.2) is 4.68 Å². The van der Waals surface area contributed by atoms with Crippen molar-refractivity contribution in [2.24, 2.45) is 5.92 Å². The van der Waals surface area contributed by atoms with Crippen molar-refractivity contribution in [2.45, 2.75) is 39.3 Å². The van der Waals surface area contributed by atoms with Crippen LogP contribution in [0.4, 0.5) is 0 Å². The van der Waals surface area contributed by atoms with E-state index in [1.807, 2.05) is 48.0 Å². The first-order valence-electron chi connectivity index (χ1n) is 11.8. The van der Waals surface area contributed by atoms with Gasteiger partial charge >= 0.3 is 0 Å². The van der Waals surface area contributed by atoms with Gasteiger partial charge in [-0.1, -0.05) is 31.2 Å². The molecule has 0 spiro atoms. The number of fused-ring (bicyclic) bond motifs is 1. The van der Waals surface area contributed by atoms with Crippen LogP contribution >= 0.6 is 0 Å². The molecule has 176 valence electrons. The molecule has 2 atom stereocenters. The summed E-state index contributed by atoms with van der Waals surface area (Å²) >= 11 is 0. The Morgan fingerprint density at radius 1 is 1.18 bits per heavy atom. The van der Waals surface area contributed by atoms with E-state index in [-0.39, 0.29) is 11.6 Å². The number of hydrogen-bond acceptors (Lipinski definition) is 6. The number of H-pyrrole nitrogens is 1. The van der Waals surface area contributed by atoms with Gasteiger partial charge in [-0.15, -0.1) is 5.10 Å². The number of nitrogens with one attached hydrogen (secondary N) is 1. The van der Waals surface area contributed by atoms with E-state index in [9.17, 15) is 4.79 Å². The fraction of sp³-hybridized carbons (Fsp3) is 0.385. The lowest BCUT2D eigenvalue weighted by Gasteiger charge is -2.36. The zero-order chi connectivity index (χ0) is 23.7. The van der Waals surface area contributed by atoms with Gasteiger partial charge in [0, 0.05) is 17.6 Å². The molecular weight excluding hydrogens is 428 g/mol. The van der Waals surface area contributed by atoms with E-state index >= 15 is 0 Å². The highest BCUT2D eigenvalue weighted by Gasteiger charge is 2.32. The summed E-state index contributed by atoms with van der Waals surface area (Å²) in [7, 11) is 1.65. The number of methoxy groups -OCH3 is 1. The number of likely N-dealkylation sites (tertiary alicyclic amines) is 1. The van der Waals surface area contributed by atoms with Crippen molar-refractivity contribution in [1.82, 2.24) is 30.1 Å². The summed E-state index contributed by atoms with van der Waals surface area (Å²) < 4.78 is 7.09. The number of piperidine rings is 1. The highest BCUT2D eigenvalue weighted by atomic mass is 16.5. The van der Waals surface area contributed by atoms with E-state index in [2.05, 4.69) is 44.5 Å². The number of pyridine rings is 1. The molecule has 0 saturated carbocycles. The molecule has 4 aromatic rings. The molecule has 5 rings (SSSR count). The third-order valence-electron chi connectivity index (χ3n) is 6.67. The van der Waals surface area contributed by atoms with Gasteiger partial charge in [0.2, 0.25) is 0 Å². The molecule has 0 radical (unpaired) electrons. The van der Waals surface area contributed by atoms with Crippen LogP contribution in [0, 0.1) is 12.8 Å². The molecule has 0 aliphatic carbocycles. The molecule has 8 nitrogen and oxygen atoms in total. The van der Waals surface area contributed by atoms with Crippen molar-refractivity contribution in [3.63, 3.8) is 0 Å². The quantitative estimate of drug-likeness (QED) is 0.474. The number of nitrogens with zero attached hydrogens (tertiary/aromatic N) is 5. The second-order valence-corrected chi connectivity index (χ2v) is 9.33. The Kier molecular flexibility index (Phi) is 6.15. The van der Waals surface area contributed by atoms with Crippen molar-refractivity contribution < 1.29 is 4.74 Å². The molecule has 2 aromatic carbocycles. The van der Waals surface area contributed by atoms with Gasteiger partial charge in [0.1, 0.15) is 11.8 Å². The van der Waals surface area contributed by atoms with Crippen molar-refractivity contribution in [2.75, 3.05) is 20.2 Å². The summed E-state index contributed by atoms with van der Waals surface area (Å²) in [5.41, 5.74) is 3.60. The average Bonchev–Trinajstić information content (AvgIpc) is 3.28. The Labute approximate surface area is 198 Å². The number of aromatic amines is 1. The molecule has 8 heteroatoms. The van der Waals surface area contributed by atoms with Crippen molar-refractivity contribution >= 4 is 10.9 Å². The fourth-order valence-corrected chi connectivity index (χ4v) is 4.92. The van der Waals surface area contributed by atoms with Crippen molar-refractivity contribution in [3.05, 3.63) is 81.4 Å². The topological polar surface area (TPSA) is 88.9 Å². The number of aryl methyl sites for hydroxylation is 1. The predicted octanol–water partition coefficient (Wildman–Crippen LogP) is 3.70. The van der Waals surface area contributed by atoms with Crippen LogP contribution in [-0.4, -0.2) is 50.3 Å². The Balaban J connectivity index is 1.59. The van der Waals surface area contributed by atoms with Gasteiger partial charge in [-0.3, -0.25) is 9.69 Å². The normalized spacial score (nSPS) is 17.7. The predicted molar refractivity (Wildman–Crippen MR) is 131 cm³/mol. The van der Waals surface area contributed by atoms with E-state index < -0.39 is 0 Å². The minimum atomic E-state index is -0.328. The largest absolute Gasteiger partial charge is 0.497 e. The smallest absolute Gasteiger partial charge is 0.253 e. The molecule has 3 heterocycles. The molecule has 1 saturated heterocycles. The molecule has 1 aliphatic heterocycles. The maximum Gasteiger partial charge on any atom is 0.253 e. The summed E-state index contributed by atoms with van der Waals surface area (Å²) in [4.78, 5) is 18.8. The molecule has 1 fully saturated rings. The summed E-state index contributed by atoms with van der Waals surface area (Å²) in [6.07, 6.45) is 2.27. The lowest BCUT2D eigenvalue weighted by atomic mass is 9.95. The van der Waals surface area contributed by atoms with Crippen LogP contribution in [0.15, 0.2) is 53.3 Å². The van der Waals surface area contributed by atoms with Gasteiger partial charge in [0.05, 0.1) is 13.7 Å². The van der Waals surface area contributed by atoms with Crippen LogP contribution in [0.5, 0.6) is 5.75 Å². The molecule has 1 N–H and O–H groups in total. The minimum Gasteiger partial charge on any atom is -0.497 e. The Hall–Kier alpha value is -3.52. The van der Waals surface area contributed by atoms with Crippen LogP contribution in [0.3, 0.4) is 0 Å². The van der Waals surface area contributed by atoms with Gasteiger partial charge in [-0.05, 0) is 83.4 Å². The van der Waals surface area contributed by atoms with Crippen LogP contribution in [-0.2, 0) is 6.54 Å². The van der Waals surface area contributed by atoms with Crippen molar-refractivity contribution in [1.29, 1.82) is 0 Å². The van der Waals surface area contributed by atoms with E-state index in [4.69, 9.17) is 4.74 Å². The van der Waals surface area contributed by atoms with E-state index in [1.54, 1.807) is 7.11 Å². The van der Waals surface area contributed by atoms with Gasteiger partial charge in [-0.2, -0.15) is 0 Å². The van der Waals surface area contributed by atoms with Crippen LogP contribution in [0.1, 0.15) is 48.3 Å². The minimum absolute atomic E-state index is 0.0969. The highest BCUT2D eigenvalue weighted by molar-refractivity contribution is 5.79. The molecule has 1 aliphatic rings. The molecule has 0 bridgehead atoms. The molecule has 0 amide bonds. The van der Waals surface area contributed by atoms with Gasteiger partial charge in [0.15, 0.2) is 5.82 Å². The van der Waals surface area contributed by atoms with Crippen LogP contribution in [0.2, 0.25) is 0 Å². The third-order valence-corrected chi connectivity index (χ3v) is 6.67. The van der Waals surface area contributed by atoms with E-state index in [1.165, 1.54) is 6.42 Å². The number of aromatic nitrogens is 5. The molecule has 2 aromatic heterocycles. The fourth-order valence-electron chi connectivity index (χ4n) is 4.92. The van der Waals surface area contributed by atoms with Gasteiger partial charge in [0.25, 0.3) is 5.56 Å². The zero-order valence-electron chi connectivity index (χ0n) is 19.9. The number of hydrogen-bond donors (Lipinski definition) is 1. The summed E-state index contributed by atoms with van der Waals surface area (Å²) in [5.74, 6) is 2.03. The molecule has 0 unspecified atom stereocenters. The number of tetrazole rings is 1. The lowest BCUT2D eigenvalue weighted by Crippen LogP contribution is -2.41. The molecule has 34 heavy (non-hydrogen) atoms. The Morgan fingerprint density at radius 3 is 2.76 bits per heavy atom. The molecular formula is C26H30N6O2. The number of benzene rings is 2. The van der Waals surface area contributed by atoms with E-state index in [0.717, 1.165) is 47.3 Å². The first-order valence-corrected chi connectivity index (χ1v) is 11.8. The monoisotopic (exact) mass is 458 g/mol. The maximum atomic E-state index is 13.4. The van der Waals surface area contributed by atoms with Gasteiger partial charge < -0.3 is 9.72 Å². The van der Waals surface area contributed by atoms with Crippen molar-refractivity contribution in [3.8, 4) is 5.75 Å². The summed E-state index contributed by atoms with van der Waals surface area (Å²) in [5, 5.41) is 13.8. The third kappa shape index (κ3) is 4.46. The zero-order valence-corrected chi connectivity index (χ0v) is 19.9. The highest BCUT2D eigenvalue weighted by Crippen LogP contribution is 2.31. The summed E-state index contributed by atoms with van der Waals surface area (Å²) in [6.45, 7) is 6.59. The Morgan fingerprint density at radius 2 is 2.00 bits per heavy atom. The van der Waals surface area contributed by atoms with Crippen LogP contribution in [0.25, 0.3) is 10.9 Å². The first-order chi connectivity index (χ1) is 16.5.